The van der Waals surface area contributed by atoms with Crippen LogP contribution in [-0.2, 0) is 0 Å². The van der Waals surface area contributed by atoms with Gasteiger partial charge in [0, 0.05) is 0 Å². The molecule has 0 aliphatic heterocycles. The Morgan fingerprint density at radius 2 is 2.11 bits per heavy atom. The van der Waals surface area contributed by atoms with Gasteiger partial charge in [-0.25, -0.2) is 0 Å². The average molecular weight is 128 g/mol. The van der Waals surface area contributed by atoms with Crippen molar-refractivity contribution in [3.8, 4) is 0 Å². The van der Waals surface area contributed by atoms with E-state index in [-0.39, 0.29) is 6.10 Å². The van der Waals surface area contributed by atoms with Crippen LogP contribution in [0.3, 0.4) is 0 Å². The highest BCUT2D eigenvalue weighted by atomic mass is 16.3. The van der Waals surface area contributed by atoms with Gasteiger partial charge in [-0.2, -0.15) is 0 Å². The first kappa shape index (κ1) is 7.07. The van der Waals surface area contributed by atoms with Crippen molar-refractivity contribution in [2.75, 3.05) is 0 Å². The zero-order valence-corrected chi connectivity index (χ0v) is 6.14. The highest BCUT2D eigenvalue weighted by molar-refractivity contribution is 4.77. The van der Waals surface area contributed by atoms with E-state index in [0.29, 0.717) is 0 Å². The van der Waals surface area contributed by atoms with Crippen molar-refractivity contribution >= 4 is 0 Å². The van der Waals surface area contributed by atoms with Gasteiger partial charge in [-0.3, -0.25) is 0 Å². The highest BCUT2D eigenvalue weighted by Crippen LogP contribution is 2.31. The van der Waals surface area contributed by atoms with Crippen molar-refractivity contribution in [1.29, 1.82) is 0 Å². The van der Waals surface area contributed by atoms with Crippen molar-refractivity contribution in [2.45, 2.75) is 45.1 Å². The van der Waals surface area contributed by atoms with Crippen LogP contribution < -0.4 is 0 Å². The Balaban J connectivity index is 1.91. The third-order valence-corrected chi connectivity index (χ3v) is 2.18. The molecule has 0 spiro atoms. The molecule has 0 aromatic heterocycles. The molecular weight excluding hydrogens is 112 g/mol. The molecule has 1 nitrogen and oxygen atoms in total. The average Bonchev–Trinajstić information content (AvgIpc) is 1.78. The summed E-state index contributed by atoms with van der Waals surface area (Å²) >= 11 is 0. The maximum Gasteiger partial charge on any atom is 0.0545 e. The second kappa shape index (κ2) is 3.21. The molecule has 1 aliphatic carbocycles. The molecule has 0 aromatic rings. The van der Waals surface area contributed by atoms with Crippen LogP contribution in [0.1, 0.15) is 39.0 Å². The molecule has 0 amide bonds. The van der Waals surface area contributed by atoms with Gasteiger partial charge in [-0.15, -0.1) is 0 Å². The van der Waals surface area contributed by atoms with Gasteiger partial charge in [0.25, 0.3) is 0 Å². The summed E-state index contributed by atoms with van der Waals surface area (Å²) in [4.78, 5) is 0. The minimum Gasteiger partial charge on any atom is -0.393 e. The van der Waals surface area contributed by atoms with E-state index in [9.17, 15) is 0 Å². The molecule has 9 heavy (non-hydrogen) atoms. The number of rotatable bonds is 3. The number of aliphatic hydroxyl groups is 1. The topological polar surface area (TPSA) is 20.2 Å². The summed E-state index contributed by atoms with van der Waals surface area (Å²) in [5, 5.41) is 8.92. The maximum absolute atomic E-state index is 8.92. The van der Waals surface area contributed by atoms with Gasteiger partial charge in [0.2, 0.25) is 0 Å². The van der Waals surface area contributed by atoms with Gasteiger partial charge < -0.3 is 5.11 Å². The van der Waals surface area contributed by atoms with Crippen molar-refractivity contribution in [3.63, 3.8) is 0 Å². The maximum atomic E-state index is 8.92. The van der Waals surface area contributed by atoms with Crippen LogP contribution in [-0.4, -0.2) is 11.2 Å². The molecular formula is C8H16O. The van der Waals surface area contributed by atoms with E-state index < -0.39 is 0 Å². The van der Waals surface area contributed by atoms with Crippen LogP contribution in [0.2, 0.25) is 0 Å². The molecule has 1 N–H and O–H groups in total. The molecule has 1 aliphatic rings. The zero-order valence-electron chi connectivity index (χ0n) is 6.14. The largest absolute Gasteiger partial charge is 0.393 e. The minimum atomic E-state index is 0.0480. The fourth-order valence-corrected chi connectivity index (χ4v) is 1.43. The predicted molar refractivity (Wildman–Crippen MR) is 38.3 cm³/mol. The monoisotopic (exact) mass is 128 g/mol. The molecule has 1 saturated carbocycles. The minimum absolute atomic E-state index is 0.0480. The lowest BCUT2D eigenvalue weighted by atomic mass is 9.79. The standard InChI is InChI=1S/C8H16O/c1-2-3-4-7-5-8(9)6-7/h7-9H,2-6H2,1H3. The number of aliphatic hydroxyl groups excluding tert-OH is 1. The van der Waals surface area contributed by atoms with E-state index in [4.69, 9.17) is 5.11 Å². The smallest absolute Gasteiger partial charge is 0.0545 e. The van der Waals surface area contributed by atoms with Crippen molar-refractivity contribution < 1.29 is 5.11 Å². The lowest BCUT2D eigenvalue weighted by Gasteiger charge is -2.31. The molecule has 0 aromatic carbocycles. The van der Waals surface area contributed by atoms with E-state index in [0.717, 1.165) is 18.8 Å². The summed E-state index contributed by atoms with van der Waals surface area (Å²) in [5.74, 6) is 0.861. The fourth-order valence-electron chi connectivity index (χ4n) is 1.43. The van der Waals surface area contributed by atoms with Gasteiger partial charge in [0.1, 0.15) is 0 Å². The van der Waals surface area contributed by atoms with Crippen LogP contribution >= 0.6 is 0 Å². The molecule has 0 heterocycles. The predicted octanol–water partition coefficient (Wildman–Crippen LogP) is 1.95. The summed E-state index contributed by atoms with van der Waals surface area (Å²) in [6, 6.07) is 0. The molecule has 1 heteroatoms. The third-order valence-electron chi connectivity index (χ3n) is 2.18. The lowest BCUT2D eigenvalue weighted by Crippen LogP contribution is -2.27. The Hall–Kier alpha value is -0.0400. The van der Waals surface area contributed by atoms with Crippen LogP contribution in [0, 0.1) is 5.92 Å². The summed E-state index contributed by atoms with van der Waals surface area (Å²) in [6.45, 7) is 2.22. The summed E-state index contributed by atoms with van der Waals surface area (Å²) in [5.41, 5.74) is 0. The van der Waals surface area contributed by atoms with Gasteiger partial charge in [-0.1, -0.05) is 26.2 Å². The molecule has 1 fully saturated rings. The van der Waals surface area contributed by atoms with Crippen LogP contribution in [0.25, 0.3) is 0 Å². The Labute approximate surface area is 57.1 Å². The van der Waals surface area contributed by atoms with Crippen LogP contribution in [0.5, 0.6) is 0 Å². The quantitative estimate of drug-likeness (QED) is 0.616. The van der Waals surface area contributed by atoms with Gasteiger partial charge in [0.15, 0.2) is 0 Å². The first-order chi connectivity index (χ1) is 4.33. The normalized spacial score (nSPS) is 34.0. The first-order valence-electron chi connectivity index (χ1n) is 4.01. The van der Waals surface area contributed by atoms with Crippen molar-refractivity contribution in [2.24, 2.45) is 5.92 Å². The second-order valence-corrected chi connectivity index (χ2v) is 3.13. The fraction of sp³-hybridized carbons (Fsp3) is 1.00. The van der Waals surface area contributed by atoms with E-state index in [1.807, 2.05) is 0 Å². The van der Waals surface area contributed by atoms with Gasteiger partial charge in [-0.05, 0) is 18.8 Å². The summed E-state index contributed by atoms with van der Waals surface area (Å²) in [6.07, 6.45) is 6.17. The number of unbranched alkanes of at least 4 members (excludes halogenated alkanes) is 1. The molecule has 1 rings (SSSR count). The summed E-state index contributed by atoms with van der Waals surface area (Å²) < 4.78 is 0. The van der Waals surface area contributed by atoms with E-state index in [1.54, 1.807) is 0 Å². The lowest BCUT2D eigenvalue weighted by molar-refractivity contribution is 0.0382. The van der Waals surface area contributed by atoms with Gasteiger partial charge >= 0.3 is 0 Å². The number of hydrogen-bond acceptors (Lipinski definition) is 1. The Morgan fingerprint density at radius 1 is 1.44 bits per heavy atom. The molecule has 0 saturated heterocycles. The van der Waals surface area contributed by atoms with Crippen LogP contribution in [0.4, 0.5) is 0 Å². The van der Waals surface area contributed by atoms with E-state index in [1.165, 1.54) is 19.3 Å². The van der Waals surface area contributed by atoms with Crippen LogP contribution in [0.15, 0.2) is 0 Å². The third kappa shape index (κ3) is 1.98. The van der Waals surface area contributed by atoms with Crippen molar-refractivity contribution in [1.82, 2.24) is 0 Å². The first-order valence-corrected chi connectivity index (χ1v) is 4.01. The SMILES string of the molecule is CCCCC1CC(O)C1. The van der Waals surface area contributed by atoms with E-state index in [2.05, 4.69) is 6.92 Å². The number of hydrogen-bond donors (Lipinski definition) is 1. The molecule has 0 unspecified atom stereocenters. The van der Waals surface area contributed by atoms with E-state index >= 15 is 0 Å². The zero-order chi connectivity index (χ0) is 6.69. The summed E-state index contributed by atoms with van der Waals surface area (Å²) in [7, 11) is 0. The highest BCUT2D eigenvalue weighted by Gasteiger charge is 2.25. The van der Waals surface area contributed by atoms with Crippen molar-refractivity contribution in [3.05, 3.63) is 0 Å². The molecule has 54 valence electrons. The molecule has 0 radical (unpaired) electrons. The second-order valence-electron chi connectivity index (χ2n) is 3.13. The molecule has 0 bridgehead atoms. The molecule has 0 atom stereocenters. The Morgan fingerprint density at radius 3 is 2.56 bits per heavy atom. The Kier molecular flexibility index (Phi) is 2.52. The Bertz CT molecular complexity index is 74.6. The van der Waals surface area contributed by atoms with Gasteiger partial charge in [0.05, 0.1) is 6.10 Å².